The van der Waals surface area contributed by atoms with Crippen molar-refractivity contribution < 1.29 is 14.3 Å². The number of carbonyl (C=O) groups is 2. The minimum atomic E-state index is -0.249. The van der Waals surface area contributed by atoms with Gasteiger partial charge >= 0.3 is 0 Å². The van der Waals surface area contributed by atoms with Gasteiger partial charge in [0.1, 0.15) is 5.75 Å². The molecule has 3 aromatic rings. The third-order valence-corrected chi connectivity index (χ3v) is 3.82. The number of thiazole rings is 1. The van der Waals surface area contributed by atoms with Crippen molar-refractivity contribution in [2.45, 2.75) is 6.92 Å². The molecule has 25 heavy (non-hydrogen) atoms. The molecule has 2 amide bonds. The first-order valence-electron chi connectivity index (χ1n) is 7.46. The zero-order chi connectivity index (χ0) is 17.6. The van der Waals surface area contributed by atoms with Crippen LogP contribution in [-0.4, -0.2) is 16.8 Å². The van der Waals surface area contributed by atoms with Crippen LogP contribution in [0.25, 0.3) is 0 Å². The summed E-state index contributed by atoms with van der Waals surface area (Å²) in [6.07, 6.45) is 1.66. The Hall–Kier alpha value is -3.19. The molecule has 0 aliphatic heterocycles. The third kappa shape index (κ3) is 4.65. The number of amides is 2. The van der Waals surface area contributed by atoms with Gasteiger partial charge in [0.2, 0.25) is 5.91 Å². The van der Waals surface area contributed by atoms with Gasteiger partial charge in [0.05, 0.1) is 0 Å². The normalized spacial score (nSPS) is 10.1. The average Bonchev–Trinajstić information content (AvgIpc) is 3.08. The van der Waals surface area contributed by atoms with Crippen molar-refractivity contribution in [3.05, 3.63) is 65.7 Å². The van der Waals surface area contributed by atoms with Gasteiger partial charge in [-0.1, -0.05) is 17.4 Å². The molecule has 126 valence electrons. The van der Waals surface area contributed by atoms with E-state index in [-0.39, 0.29) is 11.8 Å². The minimum absolute atomic E-state index is 0.167. The Kier molecular flexibility index (Phi) is 5.06. The van der Waals surface area contributed by atoms with Crippen LogP contribution in [0.15, 0.2) is 60.1 Å². The molecule has 3 rings (SSSR count). The van der Waals surface area contributed by atoms with Crippen LogP contribution in [0.5, 0.6) is 10.9 Å². The topological polar surface area (TPSA) is 80.3 Å². The monoisotopic (exact) mass is 353 g/mol. The highest BCUT2D eigenvalue weighted by Gasteiger charge is 2.08. The summed E-state index contributed by atoms with van der Waals surface area (Å²) in [6.45, 7) is 1.43. The Bertz CT molecular complexity index is 877. The van der Waals surface area contributed by atoms with Crippen LogP contribution in [-0.2, 0) is 4.79 Å². The Balaban J connectivity index is 1.66. The Morgan fingerprint density at radius 2 is 1.76 bits per heavy atom. The van der Waals surface area contributed by atoms with Crippen molar-refractivity contribution >= 4 is 34.5 Å². The van der Waals surface area contributed by atoms with Gasteiger partial charge in [-0.05, 0) is 42.5 Å². The number of carbonyl (C=O) groups excluding carboxylic acids is 2. The van der Waals surface area contributed by atoms with Gasteiger partial charge in [-0.3, -0.25) is 9.59 Å². The van der Waals surface area contributed by atoms with Crippen molar-refractivity contribution in [1.29, 1.82) is 0 Å². The van der Waals surface area contributed by atoms with Crippen LogP contribution in [0, 0.1) is 0 Å². The van der Waals surface area contributed by atoms with Crippen LogP contribution in [0.4, 0.5) is 11.4 Å². The summed E-state index contributed by atoms with van der Waals surface area (Å²) in [5, 5.41) is 7.84. The standard InChI is InChI=1S/C18H15N3O3S/c1-12(22)20-14-3-2-4-15(11-14)21-17(23)13-5-7-16(8-6-13)24-18-19-9-10-25-18/h2-11H,1H3,(H,20,22)(H,21,23). The number of benzene rings is 2. The lowest BCUT2D eigenvalue weighted by atomic mass is 10.2. The lowest BCUT2D eigenvalue weighted by Gasteiger charge is -2.08. The molecule has 0 saturated heterocycles. The molecule has 6 nitrogen and oxygen atoms in total. The summed E-state index contributed by atoms with van der Waals surface area (Å²) < 4.78 is 5.56. The number of nitrogens with zero attached hydrogens (tertiary/aromatic N) is 1. The molecule has 1 aromatic heterocycles. The minimum Gasteiger partial charge on any atom is -0.431 e. The third-order valence-electron chi connectivity index (χ3n) is 3.17. The van der Waals surface area contributed by atoms with E-state index in [1.165, 1.54) is 18.3 Å². The first-order chi connectivity index (χ1) is 12.1. The summed E-state index contributed by atoms with van der Waals surface area (Å²) in [5.41, 5.74) is 1.72. The largest absolute Gasteiger partial charge is 0.431 e. The van der Waals surface area contributed by atoms with Gasteiger partial charge in [-0.15, -0.1) is 0 Å². The molecular weight excluding hydrogens is 338 g/mol. The molecule has 2 N–H and O–H groups in total. The summed E-state index contributed by atoms with van der Waals surface area (Å²) in [5.74, 6) is 0.194. The maximum absolute atomic E-state index is 12.3. The predicted octanol–water partition coefficient (Wildman–Crippen LogP) is 4.15. The Morgan fingerprint density at radius 1 is 1.04 bits per heavy atom. The van der Waals surface area contributed by atoms with E-state index < -0.39 is 0 Å². The van der Waals surface area contributed by atoms with Crippen LogP contribution in [0.3, 0.4) is 0 Å². The van der Waals surface area contributed by atoms with Gasteiger partial charge in [-0.2, -0.15) is 0 Å². The molecule has 0 unspecified atom stereocenters. The average molecular weight is 353 g/mol. The zero-order valence-electron chi connectivity index (χ0n) is 13.4. The first kappa shape index (κ1) is 16.7. The van der Waals surface area contributed by atoms with Gasteiger partial charge in [0.15, 0.2) is 0 Å². The van der Waals surface area contributed by atoms with Crippen molar-refractivity contribution in [2.24, 2.45) is 0 Å². The number of anilines is 2. The molecule has 0 aliphatic rings. The highest BCUT2D eigenvalue weighted by atomic mass is 32.1. The molecule has 0 fully saturated rings. The molecule has 0 radical (unpaired) electrons. The molecule has 2 aromatic carbocycles. The maximum atomic E-state index is 12.3. The second kappa shape index (κ2) is 7.59. The maximum Gasteiger partial charge on any atom is 0.278 e. The second-order valence-corrected chi connectivity index (χ2v) is 6.00. The summed E-state index contributed by atoms with van der Waals surface area (Å²) in [7, 11) is 0. The van der Waals surface area contributed by atoms with E-state index in [9.17, 15) is 9.59 Å². The number of hydrogen-bond acceptors (Lipinski definition) is 5. The molecule has 0 spiro atoms. The van der Waals surface area contributed by atoms with Gasteiger partial charge in [-0.25, -0.2) is 4.98 Å². The number of aromatic nitrogens is 1. The van der Waals surface area contributed by atoms with Crippen LogP contribution >= 0.6 is 11.3 Å². The summed E-state index contributed by atoms with van der Waals surface area (Å²) >= 11 is 1.39. The lowest BCUT2D eigenvalue weighted by Crippen LogP contribution is -2.12. The van der Waals surface area contributed by atoms with Crippen LogP contribution in [0.2, 0.25) is 0 Å². The van der Waals surface area contributed by atoms with Gasteiger partial charge in [0.25, 0.3) is 11.1 Å². The van der Waals surface area contributed by atoms with Crippen molar-refractivity contribution in [3.8, 4) is 10.9 Å². The van der Waals surface area contributed by atoms with E-state index in [0.717, 1.165) is 0 Å². The van der Waals surface area contributed by atoms with E-state index >= 15 is 0 Å². The van der Waals surface area contributed by atoms with E-state index in [1.807, 2.05) is 5.38 Å². The lowest BCUT2D eigenvalue weighted by molar-refractivity contribution is -0.114. The number of ether oxygens (including phenoxy) is 1. The Morgan fingerprint density at radius 3 is 2.40 bits per heavy atom. The first-order valence-corrected chi connectivity index (χ1v) is 8.34. The predicted molar refractivity (Wildman–Crippen MR) is 97.3 cm³/mol. The highest BCUT2D eigenvalue weighted by Crippen LogP contribution is 2.23. The SMILES string of the molecule is CC(=O)Nc1cccc(NC(=O)c2ccc(Oc3nccs3)cc2)c1. The van der Waals surface area contributed by atoms with Crippen LogP contribution < -0.4 is 15.4 Å². The van der Waals surface area contributed by atoms with Crippen molar-refractivity contribution in [2.75, 3.05) is 10.6 Å². The molecule has 0 atom stereocenters. The smallest absolute Gasteiger partial charge is 0.278 e. The second-order valence-electron chi connectivity index (χ2n) is 5.14. The van der Waals surface area contributed by atoms with Crippen LogP contribution in [0.1, 0.15) is 17.3 Å². The fourth-order valence-corrected chi connectivity index (χ4v) is 2.62. The number of rotatable bonds is 5. The van der Waals surface area contributed by atoms with Gasteiger partial charge in [0, 0.05) is 35.4 Å². The summed E-state index contributed by atoms with van der Waals surface area (Å²) in [6, 6.07) is 13.7. The van der Waals surface area contributed by atoms with E-state index in [4.69, 9.17) is 4.74 Å². The molecule has 1 heterocycles. The zero-order valence-corrected chi connectivity index (χ0v) is 14.2. The fraction of sp³-hybridized carbons (Fsp3) is 0.0556. The number of hydrogen-bond donors (Lipinski definition) is 2. The molecule has 0 aliphatic carbocycles. The molecule has 7 heteroatoms. The fourth-order valence-electron chi connectivity index (χ4n) is 2.12. The van der Waals surface area contributed by atoms with E-state index in [2.05, 4.69) is 15.6 Å². The van der Waals surface area contributed by atoms with E-state index in [0.29, 0.717) is 27.9 Å². The molecule has 0 bridgehead atoms. The van der Waals surface area contributed by atoms with E-state index in [1.54, 1.807) is 54.7 Å². The van der Waals surface area contributed by atoms with Gasteiger partial charge < -0.3 is 15.4 Å². The quantitative estimate of drug-likeness (QED) is 0.722. The molecular formula is C18H15N3O3S. The summed E-state index contributed by atoms with van der Waals surface area (Å²) in [4.78, 5) is 27.5. The highest BCUT2D eigenvalue weighted by molar-refractivity contribution is 7.11. The van der Waals surface area contributed by atoms with Crippen molar-refractivity contribution in [1.82, 2.24) is 4.98 Å². The number of nitrogens with one attached hydrogen (secondary N) is 2. The molecule has 0 saturated carbocycles. The Labute approximate surface area is 148 Å². The van der Waals surface area contributed by atoms with Crippen molar-refractivity contribution in [3.63, 3.8) is 0 Å².